The predicted molar refractivity (Wildman–Crippen MR) is 48.2 cm³/mol. The van der Waals surface area contributed by atoms with Crippen LogP contribution in [0.1, 0.15) is 32.6 Å². The van der Waals surface area contributed by atoms with Crippen molar-refractivity contribution in [3.05, 3.63) is 0 Å². The summed E-state index contributed by atoms with van der Waals surface area (Å²) in [6, 6.07) is 0. The van der Waals surface area contributed by atoms with Crippen LogP contribution in [0.25, 0.3) is 0 Å². The highest BCUT2D eigenvalue weighted by atomic mass is 16.8. The monoisotopic (exact) mass is 186 g/mol. The first-order chi connectivity index (χ1) is 6.27. The Morgan fingerprint density at radius 3 is 2.85 bits per heavy atom. The molecule has 0 bridgehead atoms. The number of hydrogen-bond acceptors (Lipinski definition) is 3. The molecular weight excluding hydrogens is 168 g/mol. The standard InChI is InChI=1S/C10H18O3/c1-8-5-3-4-6-10(8)12-7-9(11-2)13-10/h8-9H,3-7H2,1-2H3. The highest BCUT2D eigenvalue weighted by Gasteiger charge is 2.47. The molecule has 1 aliphatic heterocycles. The molecule has 2 rings (SSSR count). The maximum atomic E-state index is 5.81. The fraction of sp³-hybridized carbons (Fsp3) is 1.00. The maximum absolute atomic E-state index is 5.81. The average Bonchev–Trinajstić information content (AvgIpc) is 2.56. The number of hydrogen-bond donors (Lipinski definition) is 0. The number of ether oxygens (including phenoxy) is 3. The summed E-state index contributed by atoms with van der Waals surface area (Å²) in [6.45, 7) is 2.79. The van der Waals surface area contributed by atoms with E-state index in [9.17, 15) is 0 Å². The molecule has 3 atom stereocenters. The van der Waals surface area contributed by atoms with Crippen LogP contribution in [0.5, 0.6) is 0 Å². The highest BCUT2D eigenvalue weighted by molar-refractivity contribution is 4.85. The van der Waals surface area contributed by atoms with Crippen LogP contribution in [0.15, 0.2) is 0 Å². The van der Waals surface area contributed by atoms with Crippen molar-refractivity contribution < 1.29 is 14.2 Å². The van der Waals surface area contributed by atoms with Gasteiger partial charge in [0.1, 0.15) is 6.61 Å². The lowest BCUT2D eigenvalue weighted by molar-refractivity contribution is -0.243. The summed E-state index contributed by atoms with van der Waals surface area (Å²) in [5.41, 5.74) is 0. The van der Waals surface area contributed by atoms with E-state index in [0.29, 0.717) is 12.5 Å². The van der Waals surface area contributed by atoms with Crippen LogP contribution >= 0.6 is 0 Å². The van der Waals surface area contributed by atoms with Crippen molar-refractivity contribution in [1.82, 2.24) is 0 Å². The lowest BCUT2D eigenvalue weighted by Gasteiger charge is -2.37. The minimum Gasteiger partial charge on any atom is -0.353 e. The fourth-order valence-corrected chi connectivity index (χ4v) is 2.29. The molecule has 1 saturated heterocycles. The Bertz CT molecular complexity index is 183. The maximum Gasteiger partial charge on any atom is 0.183 e. The van der Waals surface area contributed by atoms with Gasteiger partial charge in [0.15, 0.2) is 12.1 Å². The van der Waals surface area contributed by atoms with Gasteiger partial charge in [-0.1, -0.05) is 13.3 Å². The Hall–Kier alpha value is -0.120. The van der Waals surface area contributed by atoms with Crippen LogP contribution in [0.3, 0.4) is 0 Å². The molecule has 3 nitrogen and oxygen atoms in total. The second-order valence-electron chi connectivity index (χ2n) is 4.05. The minimum atomic E-state index is -0.321. The van der Waals surface area contributed by atoms with E-state index >= 15 is 0 Å². The van der Waals surface area contributed by atoms with Gasteiger partial charge in [-0.05, 0) is 12.8 Å². The molecule has 3 unspecified atom stereocenters. The van der Waals surface area contributed by atoms with Crippen molar-refractivity contribution in [2.75, 3.05) is 13.7 Å². The first-order valence-electron chi connectivity index (χ1n) is 5.11. The Balaban J connectivity index is 2.03. The van der Waals surface area contributed by atoms with Crippen LogP contribution in [-0.2, 0) is 14.2 Å². The van der Waals surface area contributed by atoms with Crippen LogP contribution in [0, 0.1) is 5.92 Å². The van der Waals surface area contributed by atoms with Gasteiger partial charge in [0, 0.05) is 19.4 Å². The molecule has 0 aromatic heterocycles. The third-order valence-corrected chi connectivity index (χ3v) is 3.22. The molecule has 2 aliphatic rings. The van der Waals surface area contributed by atoms with E-state index in [2.05, 4.69) is 6.92 Å². The fourth-order valence-electron chi connectivity index (χ4n) is 2.29. The van der Waals surface area contributed by atoms with Crippen LogP contribution in [0.4, 0.5) is 0 Å². The van der Waals surface area contributed by atoms with Gasteiger partial charge in [0.05, 0.1) is 0 Å². The SMILES string of the molecule is COC1COC2(CCCCC2C)O1. The second kappa shape index (κ2) is 3.56. The quantitative estimate of drug-likeness (QED) is 0.626. The van der Waals surface area contributed by atoms with Gasteiger partial charge in [-0.3, -0.25) is 0 Å². The zero-order valence-electron chi connectivity index (χ0n) is 8.41. The molecule has 0 N–H and O–H groups in total. The van der Waals surface area contributed by atoms with Gasteiger partial charge >= 0.3 is 0 Å². The smallest absolute Gasteiger partial charge is 0.183 e. The second-order valence-corrected chi connectivity index (χ2v) is 4.05. The summed E-state index contributed by atoms with van der Waals surface area (Å²) in [4.78, 5) is 0. The molecule has 1 aliphatic carbocycles. The lowest BCUT2D eigenvalue weighted by atomic mass is 9.85. The zero-order valence-corrected chi connectivity index (χ0v) is 8.41. The van der Waals surface area contributed by atoms with Gasteiger partial charge in [0.2, 0.25) is 0 Å². The van der Waals surface area contributed by atoms with Gasteiger partial charge in [0.25, 0.3) is 0 Å². The number of methoxy groups -OCH3 is 1. The van der Waals surface area contributed by atoms with Crippen molar-refractivity contribution in [3.8, 4) is 0 Å². The Morgan fingerprint density at radius 2 is 2.23 bits per heavy atom. The molecule has 3 heteroatoms. The third kappa shape index (κ3) is 1.60. The molecule has 13 heavy (non-hydrogen) atoms. The summed E-state index contributed by atoms with van der Waals surface area (Å²) in [5, 5.41) is 0. The van der Waals surface area contributed by atoms with E-state index in [1.807, 2.05) is 0 Å². The molecule has 1 saturated carbocycles. The molecule has 0 aromatic rings. The first-order valence-corrected chi connectivity index (χ1v) is 5.11. The lowest BCUT2D eigenvalue weighted by Crippen LogP contribution is -2.41. The molecule has 1 spiro atoms. The summed E-state index contributed by atoms with van der Waals surface area (Å²) in [6.07, 6.45) is 4.58. The van der Waals surface area contributed by atoms with Crippen LogP contribution in [-0.4, -0.2) is 25.8 Å². The van der Waals surface area contributed by atoms with Gasteiger partial charge in [-0.2, -0.15) is 0 Å². The van der Waals surface area contributed by atoms with E-state index in [1.54, 1.807) is 7.11 Å². The third-order valence-electron chi connectivity index (χ3n) is 3.22. The van der Waals surface area contributed by atoms with E-state index in [4.69, 9.17) is 14.2 Å². The van der Waals surface area contributed by atoms with E-state index in [-0.39, 0.29) is 12.1 Å². The highest BCUT2D eigenvalue weighted by Crippen LogP contribution is 2.41. The van der Waals surface area contributed by atoms with Crippen LogP contribution in [0.2, 0.25) is 0 Å². The van der Waals surface area contributed by atoms with Crippen LogP contribution < -0.4 is 0 Å². The van der Waals surface area contributed by atoms with Crippen molar-refractivity contribution in [1.29, 1.82) is 0 Å². The number of rotatable bonds is 1. The average molecular weight is 186 g/mol. The zero-order chi connectivity index (χ0) is 9.31. The van der Waals surface area contributed by atoms with E-state index in [1.165, 1.54) is 19.3 Å². The van der Waals surface area contributed by atoms with Crippen molar-refractivity contribution in [2.24, 2.45) is 5.92 Å². The molecule has 2 fully saturated rings. The van der Waals surface area contributed by atoms with Gasteiger partial charge in [-0.15, -0.1) is 0 Å². The summed E-state index contributed by atoms with van der Waals surface area (Å²) < 4.78 is 16.7. The summed E-state index contributed by atoms with van der Waals surface area (Å²) >= 11 is 0. The predicted octanol–water partition coefficient (Wildman–Crippen LogP) is 1.91. The Labute approximate surface area is 79.4 Å². The largest absolute Gasteiger partial charge is 0.353 e. The molecule has 0 amide bonds. The molecular formula is C10H18O3. The molecule has 0 radical (unpaired) electrons. The summed E-state index contributed by atoms with van der Waals surface area (Å²) in [5.74, 6) is 0.181. The topological polar surface area (TPSA) is 27.7 Å². The molecule has 1 heterocycles. The van der Waals surface area contributed by atoms with Crippen molar-refractivity contribution in [2.45, 2.75) is 44.7 Å². The van der Waals surface area contributed by atoms with Crippen molar-refractivity contribution in [3.63, 3.8) is 0 Å². The summed E-state index contributed by atoms with van der Waals surface area (Å²) in [7, 11) is 1.67. The van der Waals surface area contributed by atoms with Gasteiger partial charge in [-0.25, -0.2) is 0 Å². The molecule has 76 valence electrons. The van der Waals surface area contributed by atoms with E-state index < -0.39 is 0 Å². The molecule has 0 aromatic carbocycles. The minimum absolute atomic E-state index is 0.152. The first kappa shape index (κ1) is 9.44. The van der Waals surface area contributed by atoms with Gasteiger partial charge < -0.3 is 14.2 Å². The Kier molecular flexibility index (Phi) is 2.58. The normalized spacial score (nSPS) is 45.7. The van der Waals surface area contributed by atoms with Crippen molar-refractivity contribution >= 4 is 0 Å². The van der Waals surface area contributed by atoms with E-state index in [0.717, 1.165) is 6.42 Å². The Morgan fingerprint density at radius 1 is 1.38 bits per heavy atom.